The van der Waals surface area contributed by atoms with Crippen LogP contribution in [-0.2, 0) is 7.05 Å². The van der Waals surface area contributed by atoms with E-state index in [1.54, 1.807) is 0 Å². The molecule has 0 aromatic carbocycles. The van der Waals surface area contributed by atoms with Gasteiger partial charge in [-0.3, -0.25) is 9.48 Å². The molecule has 0 aliphatic carbocycles. The van der Waals surface area contributed by atoms with Crippen molar-refractivity contribution in [3.8, 4) is 0 Å². The monoisotopic (exact) mass is 338 g/mol. The van der Waals surface area contributed by atoms with Crippen LogP contribution in [0.1, 0.15) is 10.5 Å². The maximum absolute atomic E-state index is 12.3. The highest BCUT2D eigenvalue weighted by Crippen LogP contribution is 2.41. The van der Waals surface area contributed by atoms with Gasteiger partial charge in [-0.2, -0.15) is 31.4 Å². The standard InChI is InChI=1S/C8H5BrF6N2O/c1-17-4(3(9)2-16-17)5(18)6(7(10,11)12)8(13,14)15/h2,6H,1H3. The van der Waals surface area contributed by atoms with E-state index >= 15 is 0 Å². The number of rotatable bonds is 2. The Labute approximate surface area is 105 Å². The number of Topliss-reactive ketones (excluding diaryl/α,β-unsaturated/α-hetero) is 1. The van der Waals surface area contributed by atoms with E-state index in [0.29, 0.717) is 4.68 Å². The Morgan fingerprint density at radius 2 is 1.72 bits per heavy atom. The lowest BCUT2D eigenvalue weighted by Gasteiger charge is -2.21. The second kappa shape index (κ2) is 4.56. The molecule has 0 aliphatic heterocycles. The van der Waals surface area contributed by atoms with Crippen molar-refractivity contribution in [2.75, 3.05) is 0 Å². The van der Waals surface area contributed by atoms with Crippen LogP contribution in [0.2, 0.25) is 0 Å². The van der Waals surface area contributed by atoms with Gasteiger partial charge in [0, 0.05) is 7.05 Å². The molecule has 0 amide bonds. The smallest absolute Gasteiger partial charge is 0.291 e. The van der Waals surface area contributed by atoms with E-state index in [2.05, 4.69) is 21.0 Å². The Morgan fingerprint density at radius 1 is 1.28 bits per heavy atom. The molecule has 102 valence electrons. The van der Waals surface area contributed by atoms with Crippen LogP contribution in [0.15, 0.2) is 10.7 Å². The minimum Gasteiger partial charge on any atom is -0.291 e. The van der Waals surface area contributed by atoms with Gasteiger partial charge in [0.05, 0.1) is 10.7 Å². The largest absolute Gasteiger partial charge is 0.407 e. The Morgan fingerprint density at radius 3 is 2.00 bits per heavy atom. The third-order valence-electron chi connectivity index (χ3n) is 2.04. The summed E-state index contributed by atoms with van der Waals surface area (Å²) >= 11 is 2.68. The van der Waals surface area contributed by atoms with E-state index in [0.717, 1.165) is 13.2 Å². The first-order valence-corrected chi connectivity index (χ1v) is 5.10. The third-order valence-corrected chi connectivity index (χ3v) is 2.62. The van der Waals surface area contributed by atoms with E-state index in [1.807, 2.05) is 0 Å². The Balaban J connectivity index is 3.29. The van der Waals surface area contributed by atoms with Crippen LogP contribution in [0.25, 0.3) is 0 Å². The summed E-state index contributed by atoms with van der Waals surface area (Å²) in [6.45, 7) is 0. The SMILES string of the molecule is Cn1ncc(Br)c1C(=O)C(C(F)(F)F)C(F)(F)F. The number of aromatic nitrogens is 2. The molecule has 0 atom stereocenters. The Bertz CT molecular complexity index is 430. The second-order valence-electron chi connectivity index (χ2n) is 3.35. The number of halogens is 7. The molecular formula is C8H5BrF6N2O. The van der Waals surface area contributed by atoms with Crippen molar-refractivity contribution in [3.05, 3.63) is 16.4 Å². The highest BCUT2D eigenvalue weighted by molar-refractivity contribution is 9.10. The van der Waals surface area contributed by atoms with Crippen molar-refractivity contribution in [2.24, 2.45) is 13.0 Å². The van der Waals surface area contributed by atoms with E-state index in [4.69, 9.17) is 0 Å². The molecule has 1 aromatic heterocycles. The molecule has 1 heterocycles. The highest BCUT2D eigenvalue weighted by Gasteiger charge is 2.61. The average molecular weight is 339 g/mol. The molecule has 0 radical (unpaired) electrons. The summed E-state index contributed by atoms with van der Waals surface area (Å²) in [6, 6.07) is 0. The number of aryl methyl sites for hydroxylation is 1. The van der Waals surface area contributed by atoms with Crippen molar-refractivity contribution in [3.63, 3.8) is 0 Å². The Hall–Kier alpha value is -1.06. The summed E-state index contributed by atoms with van der Waals surface area (Å²) < 4.78 is 74.4. The van der Waals surface area contributed by atoms with Gasteiger partial charge in [0.2, 0.25) is 11.7 Å². The molecule has 18 heavy (non-hydrogen) atoms. The summed E-state index contributed by atoms with van der Waals surface area (Å²) in [5.74, 6) is -6.15. The normalized spacial score (nSPS) is 13.2. The number of carbonyl (C=O) groups is 1. The van der Waals surface area contributed by atoms with Crippen LogP contribution in [-0.4, -0.2) is 27.9 Å². The number of carbonyl (C=O) groups excluding carboxylic acids is 1. The third kappa shape index (κ3) is 2.85. The van der Waals surface area contributed by atoms with Gasteiger partial charge in [-0.25, -0.2) is 0 Å². The topological polar surface area (TPSA) is 34.9 Å². The molecule has 0 saturated carbocycles. The lowest BCUT2D eigenvalue weighted by atomic mass is 10.0. The number of ketones is 1. The van der Waals surface area contributed by atoms with Crippen molar-refractivity contribution < 1.29 is 31.1 Å². The molecule has 0 spiro atoms. The van der Waals surface area contributed by atoms with Gasteiger partial charge in [-0.15, -0.1) is 0 Å². The van der Waals surface area contributed by atoms with Crippen molar-refractivity contribution in [1.82, 2.24) is 9.78 Å². The number of hydrogen-bond acceptors (Lipinski definition) is 2. The maximum atomic E-state index is 12.3. The fraction of sp³-hybridized carbons (Fsp3) is 0.500. The maximum Gasteiger partial charge on any atom is 0.407 e. The van der Waals surface area contributed by atoms with Gasteiger partial charge < -0.3 is 0 Å². The second-order valence-corrected chi connectivity index (χ2v) is 4.20. The first-order valence-electron chi connectivity index (χ1n) is 4.31. The molecule has 1 aromatic rings. The molecule has 0 N–H and O–H groups in total. The molecule has 1 rings (SSSR count). The van der Waals surface area contributed by atoms with E-state index in [1.165, 1.54) is 0 Å². The number of nitrogens with zero attached hydrogens (tertiary/aromatic N) is 2. The van der Waals surface area contributed by atoms with E-state index in [9.17, 15) is 31.1 Å². The van der Waals surface area contributed by atoms with Gasteiger partial charge in [0.1, 0.15) is 5.69 Å². The first kappa shape index (κ1) is 15.0. The van der Waals surface area contributed by atoms with Crippen LogP contribution >= 0.6 is 15.9 Å². The van der Waals surface area contributed by atoms with Crippen LogP contribution in [0, 0.1) is 5.92 Å². The first-order chi connectivity index (χ1) is 7.96. The van der Waals surface area contributed by atoms with E-state index < -0.39 is 29.7 Å². The summed E-state index contributed by atoms with van der Waals surface area (Å²) in [5, 5.41) is 3.40. The zero-order valence-electron chi connectivity index (χ0n) is 8.60. The number of alkyl halides is 6. The summed E-state index contributed by atoms with van der Waals surface area (Å²) in [5.41, 5.74) is -0.783. The lowest BCUT2D eigenvalue weighted by Crippen LogP contribution is -2.43. The Kier molecular flexibility index (Phi) is 3.80. The lowest BCUT2D eigenvalue weighted by molar-refractivity contribution is -0.265. The number of hydrogen-bond donors (Lipinski definition) is 0. The quantitative estimate of drug-likeness (QED) is 0.613. The summed E-state index contributed by atoms with van der Waals surface area (Å²) in [7, 11) is 1.07. The van der Waals surface area contributed by atoms with Crippen LogP contribution < -0.4 is 0 Å². The van der Waals surface area contributed by atoms with Crippen LogP contribution in [0.5, 0.6) is 0 Å². The molecule has 0 bridgehead atoms. The molecule has 0 saturated heterocycles. The highest BCUT2D eigenvalue weighted by atomic mass is 79.9. The van der Waals surface area contributed by atoms with Gasteiger partial charge >= 0.3 is 12.4 Å². The zero-order chi connectivity index (χ0) is 14.3. The molecule has 0 unspecified atom stereocenters. The van der Waals surface area contributed by atoms with Crippen molar-refractivity contribution in [2.45, 2.75) is 12.4 Å². The van der Waals surface area contributed by atoms with Gasteiger partial charge in [0.15, 0.2) is 0 Å². The van der Waals surface area contributed by atoms with Crippen LogP contribution in [0.4, 0.5) is 26.3 Å². The molecular weight excluding hydrogens is 334 g/mol. The van der Waals surface area contributed by atoms with Crippen LogP contribution in [0.3, 0.4) is 0 Å². The van der Waals surface area contributed by atoms with Gasteiger partial charge in [0.25, 0.3) is 0 Å². The fourth-order valence-corrected chi connectivity index (χ4v) is 1.85. The van der Waals surface area contributed by atoms with Gasteiger partial charge in [-0.05, 0) is 15.9 Å². The predicted octanol–water partition coefficient (Wildman–Crippen LogP) is 3.11. The fourth-order valence-electron chi connectivity index (χ4n) is 1.31. The molecule has 0 fully saturated rings. The van der Waals surface area contributed by atoms with Crippen molar-refractivity contribution >= 4 is 21.7 Å². The molecule has 0 aliphatic rings. The zero-order valence-corrected chi connectivity index (χ0v) is 10.2. The minimum atomic E-state index is -5.71. The van der Waals surface area contributed by atoms with Crippen molar-refractivity contribution in [1.29, 1.82) is 0 Å². The molecule has 3 nitrogen and oxygen atoms in total. The summed E-state index contributed by atoms with van der Waals surface area (Å²) in [4.78, 5) is 11.4. The average Bonchev–Trinajstić information content (AvgIpc) is 2.40. The molecule has 10 heteroatoms. The van der Waals surface area contributed by atoms with Gasteiger partial charge in [-0.1, -0.05) is 0 Å². The minimum absolute atomic E-state index is 0.228. The van der Waals surface area contributed by atoms with E-state index in [-0.39, 0.29) is 4.47 Å². The predicted molar refractivity (Wildman–Crippen MR) is 50.8 cm³/mol. The summed E-state index contributed by atoms with van der Waals surface area (Å²) in [6.07, 6.45) is -10.5.